The summed E-state index contributed by atoms with van der Waals surface area (Å²) in [5.41, 5.74) is 0. The van der Waals surface area contributed by atoms with Gasteiger partial charge in [-0.3, -0.25) is 0 Å². The van der Waals surface area contributed by atoms with Crippen LogP contribution in [0.3, 0.4) is 0 Å². The van der Waals surface area contributed by atoms with Gasteiger partial charge < -0.3 is 4.84 Å². The van der Waals surface area contributed by atoms with Crippen molar-refractivity contribution in [3.8, 4) is 0 Å². The second-order valence-electron chi connectivity index (χ2n) is 1.89. The fourth-order valence-corrected chi connectivity index (χ4v) is 0.342. The lowest BCUT2D eigenvalue weighted by Crippen LogP contribution is -1.95. The number of rotatable bonds is 4. The summed E-state index contributed by atoms with van der Waals surface area (Å²) in [6, 6.07) is 0. The lowest BCUT2D eigenvalue weighted by molar-refractivity contribution is -0.143. The first-order valence-electron chi connectivity index (χ1n) is 3.53. The third-order valence-corrected chi connectivity index (χ3v) is 0.936. The van der Waals surface area contributed by atoms with Crippen molar-refractivity contribution in [2.75, 3.05) is 0 Å². The second kappa shape index (κ2) is 6.26. The molecule has 0 fully saturated rings. The van der Waals surface area contributed by atoms with Crippen molar-refractivity contribution in [3.05, 3.63) is 0 Å². The highest BCUT2D eigenvalue weighted by Crippen LogP contribution is 1.86. The normalized spacial score (nSPS) is 10.2. The Kier molecular flexibility index (Phi) is 5.72. The van der Waals surface area contributed by atoms with Crippen LogP contribution >= 0.6 is 0 Å². The first-order chi connectivity index (χ1) is 4.81. The van der Waals surface area contributed by atoms with Gasteiger partial charge in [0.2, 0.25) is 0 Å². The molecular weight excluding hydrogens is 130 g/mol. The van der Waals surface area contributed by atoms with E-state index in [-0.39, 0.29) is 5.97 Å². The van der Waals surface area contributed by atoms with Crippen LogP contribution in [0.1, 0.15) is 33.1 Å². The van der Waals surface area contributed by atoms with E-state index in [4.69, 9.17) is 0 Å². The summed E-state index contributed by atoms with van der Waals surface area (Å²) in [4.78, 5) is 14.9. The SMILES string of the molecule is CCCC=NOC(=O)CC. The van der Waals surface area contributed by atoms with E-state index in [2.05, 4.69) is 9.99 Å². The zero-order valence-electron chi connectivity index (χ0n) is 6.46. The van der Waals surface area contributed by atoms with E-state index in [0.717, 1.165) is 12.8 Å². The molecule has 10 heavy (non-hydrogen) atoms. The molecule has 0 aromatic rings. The average molecular weight is 143 g/mol. The Labute approximate surface area is 61.1 Å². The Morgan fingerprint density at radius 2 is 2.30 bits per heavy atom. The van der Waals surface area contributed by atoms with Crippen LogP contribution in [0.25, 0.3) is 0 Å². The van der Waals surface area contributed by atoms with Gasteiger partial charge in [0.25, 0.3) is 0 Å². The first-order valence-corrected chi connectivity index (χ1v) is 3.53. The summed E-state index contributed by atoms with van der Waals surface area (Å²) >= 11 is 0. The van der Waals surface area contributed by atoms with E-state index in [1.165, 1.54) is 0 Å². The lowest BCUT2D eigenvalue weighted by Gasteiger charge is -1.90. The molecule has 0 rings (SSSR count). The Morgan fingerprint density at radius 1 is 1.60 bits per heavy atom. The third kappa shape index (κ3) is 5.28. The van der Waals surface area contributed by atoms with Crippen LogP contribution in [0, 0.1) is 0 Å². The average Bonchev–Trinajstić information content (AvgIpc) is 1.98. The molecule has 0 aliphatic heterocycles. The van der Waals surface area contributed by atoms with Crippen LogP contribution in [-0.4, -0.2) is 12.2 Å². The molecule has 0 spiro atoms. The fourth-order valence-electron chi connectivity index (χ4n) is 0.342. The van der Waals surface area contributed by atoms with Gasteiger partial charge in [-0.15, -0.1) is 0 Å². The van der Waals surface area contributed by atoms with Crippen LogP contribution in [0.5, 0.6) is 0 Å². The largest absolute Gasteiger partial charge is 0.334 e. The summed E-state index contributed by atoms with van der Waals surface area (Å²) in [5, 5.41) is 3.46. The van der Waals surface area contributed by atoms with Crippen molar-refractivity contribution in [1.29, 1.82) is 0 Å². The molecule has 0 atom stereocenters. The zero-order valence-corrected chi connectivity index (χ0v) is 6.46. The summed E-state index contributed by atoms with van der Waals surface area (Å²) in [6.07, 6.45) is 3.86. The lowest BCUT2D eigenvalue weighted by atomic mass is 10.4. The van der Waals surface area contributed by atoms with Gasteiger partial charge in [0.05, 0.1) is 0 Å². The number of nitrogens with zero attached hydrogens (tertiary/aromatic N) is 1. The number of oxime groups is 1. The Hall–Kier alpha value is -0.860. The van der Waals surface area contributed by atoms with Gasteiger partial charge in [-0.1, -0.05) is 25.4 Å². The van der Waals surface area contributed by atoms with Crippen molar-refractivity contribution in [2.45, 2.75) is 33.1 Å². The van der Waals surface area contributed by atoms with Crippen LogP contribution < -0.4 is 0 Å². The molecule has 0 aliphatic rings. The molecule has 0 amide bonds. The van der Waals surface area contributed by atoms with Gasteiger partial charge in [0, 0.05) is 12.6 Å². The van der Waals surface area contributed by atoms with Gasteiger partial charge in [0.15, 0.2) is 0 Å². The fraction of sp³-hybridized carbons (Fsp3) is 0.714. The highest BCUT2D eigenvalue weighted by Gasteiger charge is 1.93. The number of unbranched alkanes of at least 4 members (excludes halogenated alkanes) is 1. The zero-order chi connectivity index (χ0) is 7.82. The van der Waals surface area contributed by atoms with Crippen molar-refractivity contribution < 1.29 is 9.63 Å². The van der Waals surface area contributed by atoms with Crippen LogP contribution in [0.15, 0.2) is 5.16 Å². The summed E-state index contributed by atoms with van der Waals surface area (Å²) < 4.78 is 0. The molecule has 0 aromatic carbocycles. The van der Waals surface area contributed by atoms with Crippen molar-refractivity contribution in [2.24, 2.45) is 5.16 Å². The Balaban J connectivity index is 3.25. The van der Waals surface area contributed by atoms with Crippen LogP contribution in [0.4, 0.5) is 0 Å². The number of carbonyl (C=O) groups excluding carboxylic acids is 1. The Bertz CT molecular complexity index is 121. The second-order valence-corrected chi connectivity index (χ2v) is 1.89. The summed E-state index contributed by atoms with van der Waals surface area (Å²) in [7, 11) is 0. The molecule has 0 N–H and O–H groups in total. The van der Waals surface area contributed by atoms with Crippen LogP contribution in [-0.2, 0) is 9.63 Å². The molecule has 0 radical (unpaired) electrons. The van der Waals surface area contributed by atoms with Crippen LogP contribution in [0.2, 0.25) is 0 Å². The molecule has 3 heteroatoms. The van der Waals surface area contributed by atoms with E-state index < -0.39 is 0 Å². The molecule has 0 saturated carbocycles. The predicted octanol–water partition coefficient (Wildman–Crippen LogP) is 1.73. The monoisotopic (exact) mass is 143 g/mol. The molecule has 0 bridgehead atoms. The minimum absolute atomic E-state index is 0.285. The van der Waals surface area contributed by atoms with Crippen molar-refractivity contribution in [1.82, 2.24) is 0 Å². The molecule has 3 nitrogen and oxygen atoms in total. The maximum atomic E-state index is 10.4. The quantitative estimate of drug-likeness (QED) is 0.341. The van der Waals surface area contributed by atoms with Gasteiger partial charge in [-0.05, 0) is 6.42 Å². The van der Waals surface area contributed by atoms with E-state index in [1.54, 1.807) is 13.1 Å². The highest BCUT2D eigenvalue weighted by molar-refractivity contribution is 5.69. The van der Waals surface area contributed by atoms with E-state index in [0.29, 0.717) is 6.42 Å². The Morgan fingerprint density at radius 3 is 2.80 bits per heavy atom. The van der Waals surface area contributed by atoms with E-state index in [1.807, 2.05) is 6.92 Å². The number of carbonyl (C=O) groups is 1. The number of hydrogen-bond acceptors (Lipinski definition) is 3. The maximum absolute atomic E-state index is 10.4. The smallest absolute Gasteiger partial charge is 0.319 e. The molecule has 0 unspecified atom stereocenters. The molecular formula is C7H13NO2. The first kappa shape index (κ1) is 9.14. The van der Waals surface area contributed by atoms with Gasteiger partial charge in [-0.2, -0.15) is 0 Å². The highest BCUT2D eigenvalue weighted by atomic mass is 16.7. The third-order valence-electron chi connectivity index (χ3n) is 0.936. The molecule has 58 valence electrons. The minimum atomic E-state index is -0.285. The molecule has 0 aromatic heterocycles. The topological polar surface area (TPSA) is 38.7 Å². The van der Waals surface area contributed by atoms with Gasteiger partial charge >= 0.3 is 5.97 Å². The molecule has 0 heterocycles. The summed E-state index contributed by atoms with van der Waals surface area (Å²) in [5.74, 6) is -0.285. The molecule has 0 aliphatic carbocycles. The van der Waals surface area contributed by atoms with E-state index >= 15 is 0 Å². The summed E-state index contributed by atoms with van der Waals surface area (Å²) in [6.45, 7) is 3.77. The molecule has 0 saturated heterocycles. The number of hydrogen-bond donors (Lipinski definition) is 0. The standard InChI is InChI=1S/C7H13NO2/c1-3-5-6-8-10-7(9)4-2/h6H,3-5H2,1-2H3. The minimum Gasteiger partial charge on any atom is -0.319 e. The van der Waals surface area contributed by atoms with Gasteiger partial charge in [-0.25, -0.2) is 4.79 Å². The van der Waals surface area contributed by atoms with Crippen molar-refractivity contribution >= 4 is 12.2 Å². The van der Waals surface area contributed by atoms with Crippen molar-refractivity contribution in [3.63, 3.8) is 0 Å². The van der Waals surface area contributed by atoms with Gasteiger partial charge in [0.1, 0.15) is 0 Å². The predicted molar refractivity (Wildman–Crippen MR) is 39.8 cm³/mol. The maximum Gasteiger partial charge on any atom is 0.334 e. The van der Waals surface area contributed by atoms with E-state index in [9.17, 15) is 4.79 Å².